The molecule has 0 aliphatic carbocycles. The molecule has 22 heavy (non-hydrogen) atoms. The number of methoxy groups -OCH3 is 1. The van der Waals surface area contributed by atoms with Crippen LogP contribution in [0.5, 0.6) is 11.5 Å². The summed E-state index contributed by atoms with van der Waals surface area (Å²) in [5.74, 6) is 0.747. The van der Waals surface area contributed by atoms with Crippen LogP contribution in [0.15, 0.2) is 36.9 Å². The van der Waals surface area contributed by atoms with E-state index in [4.69, 9.17) is 14.2 Å². The van der Waals surface area contributed by atoms with E-state index in [9.17, 15) is 4.79 Å². The minimum atomic E-state index is -0.356. The number of aromatic nitrogens is 2. The second-order valence-corrected chi connectivity index (χ2v) is 4.65. The summed E-state index contributed by atoms with van der Waals surface area (Å²) in [6.45, 7) is 3.52. The van der Waals surface area contributed by atoms with Crippen molar-refractivity contribution in [3.63, 3.8) is 0 Å². The summed E-state index contributed by atoms with van der Waals surface area (Å²) < 4.78 is 18.0. The summed E-state index contributed by atoms with van der Waals surface area (Å²) in [4.78, 5) is 15.8. The molecule has 0 spiro atoms. The van der Waals surface area contributed by atoms with E-state index >= 15 is 0 Å². The number of nitrogens with zero attached hydrogens (tertiary/aromatic N) is 2. The van der Waals surface area contributed by atoms with Crippen molar-refractivity contribution in [2.45, 2.75) is 19.9 Å². The second kappa shape index (κ2) is 8.07. The van der Waals surface area contributed by atoms with E-state index in [1.807, 2.05) is 17.7 Å². The van der Waals surface area contributed by atoms with Crippen molar-refractivity contribution in [3.8, 4) is 11.5 Å². The average Bonchev–Trinajstić information content (AvgIpc) is 3.06. The molecule has 1 heterocycles. The molecule has 0 aliphatic heterocycles. The van der Waals surface area contributed by atoms with Crippen LogP contribution in [0.2, 0.25) is 0 Å². The van der Waals surface area contributed by atoms with E-state index in [0.717, 1.165) is 6.42 Å². The van der Waals surface area contributed by atoms with E-state index in [0.29, 0.717) is 36.8 Å². The Kier molecular flexibility index (Phi) is 5.82. The van der Waals surface area contributed by atoms with Gasteiger partial charge in [0.25, 0.3) is 0 Å². The molecule has 1 aromatic heterocycles. The highest BCUT2D eigenvalue weighted by Crippen LogP contribution is 2.28. The molecule has 0 bridgehead atoms. The van der Waals surface area contributed by atoms with Crippen LogP contribution in [0.3, 0.4) is 0 Å². The molecule has 0 fully saturated rings. The van der Waals surface area contributed by atoms with Gasteiger partial charge in [-0.2, -0.15) is 0 Å². The number of ether oxygens (including phenoxy) is 3. The Morgan fingerprint density at radius 2 is 2.14 bits per heavy atom. The highest BCUT2D eigenvalue weighted by molar-refractivity contribution is 5.90. The van der Waals surface area contributed by atoms with Crippen molar-refractivity contribution in [1.82, 2.24) is 9.55 Å². The van der Waals surface area contributed by atoms with Gasteiger partial charge in [0.15, 0.2) is 11.5 Å². The van der Waals surface area contributed by atoms with Gasteiger partial charge in [-0.05, 0) is 24.6 Å². The molecule has 0 N–H and O–H groups in total. The Hall–Kier alpha value is -2.50. The molecule has 2 rings (SSSR count). The van der Waals surface area contributed by atoms with Crippen molar-refractivity contribution in [2.75, 3.05) is 20.3 Å². The first-order valence-electron chi connectivity index (χ1n) is 7.18. The zero-order valence-electron chi connectivity index (χ0n) is 12.8. The van der Waals surface area contributed by atoms with E-state index in [-0.39, 0.29) is 5.97 Å². The monoisotopic (exact) mass is 304 g/mol. The van der Waals surface area contributed by atoms with Crippen molar-refractivity contribution in [3.05, 3.63) is 42.5 Å². The zero-order chi connectivity index (χ0) is 15.8. The van der Waals surface area contributed by atoms with Gasteiger partial charge in [-0.25, -0.2) is 9.78 Å². The van der Waals surface area contributed by atoms with Crippen LogP contribution in [-0.4, -0.2) is 35.8 Å². The predicted octanol–water partition coefficient (Wildman–Crippen LogP) is 2.54. The van der Waals surface area contributed by atoms with Gasteiger partial charge in [-0.15, -0.1) is 0 Å². The molecule has 6 heteroatoms. The van der Waals surface area contributed by atoms with E-state index in [1.165, 1.54) is 0 Å². The fraction of sp³-hybridized carbons (Fsp3) is 0.375. The number of carbonyl (C=O) groups is 1. The first-order valence-corrected chi connectivity index (χ1v) is 7.18. The van der Waals surface area contributed by atoms with E-state index in [1.54, 1.807) is 37.8 Å². The molecule has 6 nitrogen and oxygen atoms in total. The molecule has 0 saturated carbocycles. The smallest absolute Gasteiger partial charge is 0.338 e. The molecule has 2 aromatic rings. The first kappa shape index (κ1) is 15.9. The first-order chi connectivity index (χ1) is 10.7. The summed E-state index contributed by atoms with van der Waals surface area (Å²) in [5.41, 5.74) is 0.451. The number of carbonyl (C=O) groups excluding carboxylic acids is 1. The van der Waals surface area contributed by atoms with Crippen LogP contribution in [0, 0.1) is 0 Å². The van der Waals surface area contributed by atoms with Gasteiger partial charge in [0.1, 0.15) is 6.61 Å². The van der Waals surface area contributed by atoms with Crippen LogP contribution in [0.1, 0.15) is 23.7 Å². The third-order valence-corrected chi connectivity index (χ3v) is 3.00. The molecule has 0 amide bonds. The number of rotatable bonds is 8. The zero-order valence-corrected chi connectivity index (χ0v) is 12.8. The Morgan fingerprint density at radius 1 is 1.27 bits per heavy atom. The van der Waals surface area contributed by atoms with Gasteiger partial charge >= 0.3 is 5.97 Å². The van der Waals surface area contributed by atoms with Gasteiger partial charge in [0.2, 0.25) is 0 Å². The van der Waals surface area contributed by atoms with Crippen LogP contribution < -0.4 is 9.47 Å². The normalized spacial score (nSPS) is 10.3. The van der Waals surface area contributed by atoms with E-state index < -0.39 is 0 Å². The predicted molar refractivity (Wildman–Crippen MR) is 81.3 cm³/mol. The third kappa shape index (κ3) is 4.25. The van der Waals surface area contributed by atoms with Gasteiger partial charge in [-0.1, -0.05) is 6.92 Å². The SMILES string of the molecule is CCCOC(=O)c1ccc(OCCn2ccnc2)c(OC)c1. The average molecular weight is 304 g/mol. The maximum absolute atomic E-state index is 11.8. The summed E-state index contributed by atoms with van der Waals surface area (Å²) in [6.07, 6.45) is 6.11. The molecule has 0 aliphatic rings. The van der Waals surface area contributed by atoms with Gasteiger partial charge in [0.05, 0.1) is 32.2 Å². The Morgan fingerprint density at radius 3 is 2.82 bits per heavy atom. The second-order valence-electron chi connectivity index (χ2n) is 4.65. The van der Waals surface area contributed by atoms with E-state index in [2.05, 4.69) is 4.98 Å². The maximum Gasteiger partial charge on any atom is 0.338 e. The lowest BCUT2D eigenvalue weighted by Gasteiger charge is -2.12. The number of esters is 1. The quantitative estimate of drug-likeness (QED) is 0.701. The van der Waals surface area contributed by atoms with Crippen LogP contribution in [0.4, 0.5) is 0 Å². The van der Waals surface area contributed by atoms with Crippen molar-refractivity contribution in [1.29, 1.82) is 0 Å². The molecule has 0 unspecified atom stereocenters. The highest BCUT2D eigenvalue weighted by Gasteiger charge is 2.12. The summed E-state index contributed by atoms with van der Waals surface area (Å²) in [6, 6.07) is 5.02. The molecule has 1 aromatic carbocycles. The van der Waals surface area contributed by atoms with Gasteiger partial charge in [0, 0.05) is 12.4 Å². The minimum Gasteiger partial charge on any atom is -0.493 e. The summed E-state index contributed by atoms with van der Waals surface area (Å²) in [7, 11) is 1.54. The van der Waals surface area contributed by atoms with Crippen LogP contribution in [0.25, 0.3) is 0 Å². The number of hydrogen-bond donors (Lipinski definition) is 0. The molecule has 0 atom stereocenters. The minimum absolute atomic E-state index is 0.356. The number of imidazole rings is 1. The molecule has 118 valence electrons. The Balaban J connectivity index is 1.97. The lowest BCUT2D eigenvalue weighted by Crippen LogP contribution is -2.09. The van der Waals surface area contributed by atoms with Crippen molar-refractivity contribution < 1.29 is 19.0 Å². The van der Waals surface area contributed by atoms with Crippen molar-refractivity contribution in [2.24, 2.45) is 0 Å². The Labute approximate surface area is 129 Å². The largest absolute Gasteiger partial charge is 0.493 e. The summed E-state index contributed by atoms with van der Waals surface area (Å²) >= 11 is 0. The Bertz CT molecular complexity index is 596. The summed E-state index contributed by atoms with van der Waals surface area (Å²) in [5, 5.41) is 0. The lowest BCUT2D eigenvalue weighted by atomic mass is 10.2. The molecule has 0 radical (unpaired) electrons. The highest BCUT2D eigenvalue weighted by atomic mass is 16.5. The molecule has 0 saturated heterocycles. The fourth-order valence-corrected chi connectivity index (χ4v) is 1.87. The van der Waals surface area contributed by atoms with Crippen LogP contribution >= 0.6 is 0 Å². The maximum atomic E-state index is 11.8. The number of benzene rings is 1. The topological polar surface area (TPSA) is 62.6 Å². The van der Waals surface area contributed by atoms with Crippen molar-refractivity contribution >= 4 is 5.97 Å². The molecular formula is C16H20N2O4. The molecular weight excluding hydrogens is 284 g/mol. The van der Waals surface area contributed by atoms with Crippen LogP contribution in [-0.2, 0) is 11.3 Å². The third-order valence-electron chi connectivity index (χ3n) is 3.00. The van der Waals surface area contributed by atoms with Gasteiger partial charge in [-0.3, -0.25) is 0 Å². The lowest BCUT2D eigenvalue weighted by molar-refractivity contribution is 0.0504. The fourth-order valence-electron chi connectivity index (χ4n) is 1.87. The number of hydrogen-bond acceptors (Lipinski definition) is 5. The standard InChI is InChI=1S/C16H20N2O4/c1-3-9-22-16(19)13-4-5-14(15(11-13)20-2)21-10-8-18-7-6-17-12-18/h4-7,11-12H,3,8-10H2,1-2H3. The van der Waals surface area contributed by atoms with Gasteiger partial charge < -0.3 is 18.8 Å².